The van der Waals surface area contributed by atoms with Crippen LogP contribution in [0.3, 0.4) is 0 Å². The Balaban J connectivity index is 3.45. The quantitative estimate of drug-likeness (QED) is 0.406. The molecule has 0 fully saturated rings. The van der Waals surface area contributed by atoms with Crippen LogP contribution in [0.15, 0.2) is 11.5 Å². The molecule has 0 aliphatic rings. The number of carbonyl (C=O) groups excluding carboxylic acids is 1. The van der Waals surface area contributed by atoms with Crippen molar-refractivity contribution in [1.29, 1.82) is 0 Å². The van der Waals surface area contributed by atoms with E-state index in [1.165, 1.54) is 0 Å². The zero-order valence-electron chi connectivity index (χ0n) is 4.15. The fraction of sp³-hybridized carbons (Fsp3) is 0.250. The molecule has 2 nitrogen and oxygen atoms in total. The molecule has 0 spiro atoms. The van der Waals surface area contributed by atoms with E-state index in [1.807, 2.05) is 0 Å². The zero-order valence-corrected chi connectivity index (χ0v) is 4.91. The highest BCUT2D eigenvalue weighted by Crippen LogP contribution is 2.00. The highest BCUT2D eigenvalue weighted by Gasteiger charge is 1.88. The van der Waals surface area contributed by atoms with E-state index in [-0.39, 0.29) is 0 Å². The van der Waals surface area contributed by atoms with Crippen molar-refractivity contribution < 1.29 is 13.9 Å². The SMILES string of the molecule is CC(=O)OC=C(F)Cl. The molecular formula is C4H4ClFO2. The average molecular weight is 139 g/mol. The standard InChI is InChI=1S/C4H4ClFO2/c1-3(7)8-2-4(5)6/h2H,1H3. The van der Waals surface area contributed by atoms with Crippen LogP contribution in [0.25, 0.3) is 0 Å². The summed E-state index contributed by atoms with van der Waals surface area (Å²) < 4.78 is 15.4. The van der Waals surface area contributed by atoms with Crippen molar-refractivity contribution >= 4 is 17.6 Å². The first-order valence-electron chi connectivity index (χ1n) is 1.81. The van der Waals surface area contributed by atoms with Crippen LogP contribution in [0.5, 0.6) is 0 Å². The molecule has 8 heavy (non-hydrogen) atoms. The maximum atomic E-state index is 11.4. The summed E-state index contributed by atoms with van der Waals surface area (Å²) in [6, 6.07) is 0. The van der Waals surface area contributed by atoms with Crippen LogP contribution >= 0.6 is 11.6 Å². The molecule has 0 amide bonds. The average Bonchev–Trinajstić information content (AvgIpc) is 1.61. The number of rotatable bonds is 1. The second-order valence-corrected chi connectivity index (χ2v) is 1.38. The smallest absolute Gasteiger partial charge is 0.307 e. The molecule has 0 aromatic heterocycles. The number of esters is 1. The van der Waals surface area contributed by atoms with Gasteiger partial charge in [-0.25, -0.2) is 0 Å². The highest BCUT2D eigenvalue weighted by atomic mass is 35.5. The lowest BCUT2D eigenvalue weighted by Gasteiger charge is -1.86. The molecule has 0 N–H and O–H groups in total. The van der Waals surface area contributed by atoms with Gasteiger partial charge in [0.05, 0.1) is 0 Å². The van der Waals surface area contributed by atoms with E-state index in [0.29, 0.717) is 6.26 Å². The number of halogens is 2. The molecule has 0 rings (SSSR count). The van der Waals surface area contributed by atoms with Crippen molar-refractivity contribution in [2.75, 3.05) is 0 Å². The molecule has 4 heteroatoms. The number of hydrogen-bond donors (Lipinski definition) is 0. The predicted octanol–water partition coefficient (Wildman–Crippen LogP) is 1.56. The lowest BCUT2D eigenvalue weighted by molar-refractivity contribution is -0.135. The number of carbonyl (C=O) groups is 1. The van der Waals surface area contributed by atoms with E-state index in [0.717, 1.165) is 6.92 Å². The topological polar surface area (TPSA) is 26.3 Å². The van der Waals surface area contributed by atoms with Gasteiger partial charge in [-0.2, -0.15) is 4.39 Å². The Morgan fingerprint density at radius 3 is 2.50 bits per heavy atom. The Bertz CT molecular complexity index is 117. The van der Waals surface area contributed by atoms with Gasteiger partial charge in [0.25, 0.3) is 0 Å². The van der Waals surface area contributed by atoms with E-state index in [1.54, 1.807) is 0 Å². The van der Waals surface area contributed by atoms with E-state index in [9.17, 15) is 9.18 Å². The van der Waals surface area contributed by atoms with E-state index >= 15 is 0 Å². The van der Waals surface area contributed by atoms with Crippen molar-refractivity contribution in [1.82, 2.24) is 0 Å². The van der Waals surface area contributed by atoms with Crippen LogP contribution < -0.4 is 0 Å². The van der Waals surface area contributed by atoms with Crippen LogP contribution in [0.1, 0.15) is 6.92 Å². The maximum absolute atomic E-state index is 11.4. The van der Waals surface area contributed by atoms with Gasteiger partial charge in [-0.15, -0.1) is 0 Å². The van der Waals surface area contributed by atoms with Crippen LogP contribution in [-0.2, 0) is 9.53 Å². The summed E-state index contributed by atoms with van der Waals surface area (Å²) in [5, 5.41) is -1.04. The molecule has 0 aromatic carbocycles. The van der Waals surface area contributed by atoms with Crippen LogP contribution in [0.2, 0.25) is 0 Å². The first kappa shape index (κ1) is 7.43. The van der Waals surface area contributed by atoms with E-state index in [4.69, 9.17) is 0 Å². The monoisotopic (exact) mass is 138 g/mol. The largest absolute Gasteiger partial charge is 0.431 e. The lowest BCUT2D eigenvalue weighted by atomic mass is 10.8. The van der Waals surface area contributed by atoms with Gasteiger partial charge < -0.3 is 4.74 Å². The summed E-state index contributed by atoms with van der Waals surface area (Å²) in [7, 11) is 0. The Hall–Kier alpha value is -0.570. The van der Waals surface area contributed by atoms with Gasteiger partial charge in [0.2, 0.25) is 5.29 Å². The van der Waals surface area contributed by atoms with E-state index in [2.05, 4.69) is 16.3 Å². The summed E-state index contributed by atoms with van der Waals surface area (Å²) in [5.41, 5.74) is 0. The van der Waals surface area contributed by atoms with Crippen molar-refractivity contribution in [3.8, 4) is 0 Å². The van der Waals surface area contributed by atoms with Gasteiger partial charge in [-0.05, 0) is 11.6 Å². The minimum atomic E-state index is -1.04. The molecule has 46 valence electrons. The normalized spacial score (nSPS) is 11.1. The van der Waals surface area contributed by atoms with Gasteiger partial charge in [-0.1, -0.05) is 0 Å². The van der Waals surface area contributed by atoms with Gasteiger partial charge in [0.15, 0.2) is 0 Å². The highest BCUT2D eigenvalue weighted by molar-refractivity contribution is 6.28. The molecule has 0 atom stereocenters. The van der Waals surface area contributed by atoms with E-state index < -0.39 is 11.3 Å². The fourth-order valence-corrected chi connectivity index (χ4v) is 0.172. The minimum absolute atomic E-state index is 0.532. The van der Waals surface area contributed by atoms with Gasteiger partial charge in [0, 0.05) is 6.92 Å². The molecule has 0 unspecified atom stereocenters. The first-order valence-corrected chi connectivity index (χ1v) is 2.19. The molecule has 0 aliphatic heterocycles. The Morgan fingerprint density at radius 2 is 2.38 bits per heavy atom. The molecule has 0 aromatic rings. The van der Waals surface area contributed by atoms with Gasteiger partial charge in [0.1, 0.15) is 6.26 Å². The Labute approximate surface area is 50.9 Å². The third-order valence-corrected chi connectivity index (χ3v) is 0.403. The minimum Gasteiger partial charge on any atom is -0.431 e. The summed E-state index contributed by atoms with van der Waals surface area (Å²) >= 11 is 4.64. The lowest BCUT2D eigenvalue weighted by Crippen LogP contribution is -1.89. The third-order valence-electron chi connectivity index (χ3n) is 0.314. The van der Waals surface area contributed by atoms with Crippen molar-refractivity contribution in [2.45, 2.75) is 6.92 Å². The van der Waals surface area contributed by atoms with Gasteiger partial charge in [-0.3, -0.25) is 4.79 Å². The second kappa shape index (κ2) is 3.43. The van der Waals surface area contributed by atoms with Crippen molar-refractivity contribution in [2.24, 2.45) is 0 Å². The molecule has 0 bridgehead atoms. The summed E-state index contributed by atoms with van der Waals surface area (Å²) in [6.45, 7) is 1.15. The molecular weight excluding hydrogens is 134 g/mol. The fourth-order valence-electron chi connectivity index (χ4n) is 0.128. The Kier molecular flexibility index (Phi) is 3.19. The maximum Gasteiger partial charge on any atom is 0.307 e. The van der Waals surface area contributed by atoms with Crippen LogP contribution in [0, 0.1) is 0 Å². The second-order valence-electron chi connectivity index (χ2n) is 1.02. The zero-order chi connectivity index (χ0) is 6.57. The molecule has 0 heterocycles. The summed E-state index contributed by atoms with van der Waals surface area (Å²) in [4.78, 5) is 9.86. The van der Waals surface area contributed by atoms with Crippen LogP contribution in [0.4, 0.5) is 4.39 Å². The summed E-state index contributed by atoms with van der Waals surface area (Å²) in [5.74, 6) is -0.596. The Morgan fingerprint density at radius 1 is 1.88 bits per heavy atom. The number of ether oxygens (including phenoxy) is 1. The molecule has 0 saturated carbocycles. The molecule has 0 aliphatic carbocycles. The first-order chi connectivity index (χ1) is 3.63. The van der Waals surface area contributed by atoms with Crippen LogP contribution in [-0.4, -0.2) is 5.97 Å². The predicted molar refractivity (Wildman–Crippen MR) is 26.8 cm³/mol. The molecule has 0 radical (unpaired) electrons. The van der Waals surface area contributed by atoms with Crippen molar-refractivity contribution in [3.63, 3.8) is 0 Å². The third kappa shape index (κ3) is 5.43. The molecule has 0 saturated heterocycles. The van der Waals surface area contributed by atoms with Gasteiger partial charge >= 0.3 is 5.97 Å². The van der Waals surface area contributed by atoms with Crippen molar-refractivity contribution in [3.05, 3.63) is 11.5 Å². The number of hydrogen-bond acceptors (Lipinski definition) is 2. The summed E-state index contributed by atoms with van der Waals surface area (Å²) in [6.07, 6.45) is 0.532.